The molecule has 0 fully saturated rings. The molecule has 0 aliphatic carbocycles. The van der Waals surface area contributed by atoms with E-state index in [0.717, 1.165) is 16.8 Å². The molecule has 0 atom stereocenters. The van der Waals surface area contributed by atoms with Gasteiger partial charge in [-0.05, 0) is 31.5 Å². The van der Waals surface area contributed by atoms with Gasteiger partial charge in [-0.2, -0.15) is 0 Å². The number of methoxy groups -OCH3 is 2. The summed E-state index contributed by atoms with van der Waals surface area (Å²) < 4.78 is 16.0. The summed E-state index contributed by atoms with van der Waals surface area (Å²) in [6.07, 6.45) is 0. The Morgan fingerprint density at radius 1 is 1.10 bits per heavy atom. The first-order valence-corrected chi connectivity index (χ1v) is 10.2. The van der Waals surface area contributed by atoms with Gasteiger partial charge in [-0.3, -0.25) is 14.9 Å². The first-order chi connectivity index (χ1) is 14.8. The fourth-order valence-corrected chi connectivity index (χ4v) is 3.73. The van der Waals surface area contributed by atoms with Gasteiger partial charge >= 0.3 is 0 Å². The Hall–Kier alpha value is -3.59. The van der Waals surface area contributed by atoms with Crippen LogP contribution in [0.2, 0.25) is 0 Å². The van der Waals surface area contributed by atoms with E-state index in [2.05, 4.69) is 16.4 Å². The number of rotatable bonds is 8. The van der Waals surface area contributed by atoms with Gasteiger partial charge in [0.15, 0.2) is 23.2 Å². The highest BCUT2D eigenvalue weighted by atomic mass is 32.1. The molecule has 0 radical (unpaired) electrons. The molecule has 0 saturated heterocycles. The Balaban J connectivity index is 1.83. The molecule has 3 aromatic rings. The summed E-state index contributed by atoms with van der Waals surface area (Å²) in [6, 6.07) is 9.12. The third-order valence-corrected chi connectivity index (χ3v) is 5.22. The fraction of sp³-hybridized carbons (Fsp3) is 0.227. The Morgan fingerprint density at radius 2 is 1.77 bits per heavy atom. The van der Waals surface area contributed by atoms with Crippen molar-refractivity contribution in [2.45, 2.75) is 13.8 Å². The third-order valence-electron chi connectivity index (χ3n) is 4.46. The minimum Gasteiger partial charge on any atom is -0.493 e. The number of nitrogens with two attached hydrogens (primary N) is 1. The number of anilines is 1. The first kappa shape index (κ1) is 22.1. The Morgan fingerprint density at radius 3 is 2.35 bits per heavy atom. The summed E-state index contributed by atoms with van der Waals surface area (Å²) >= 11 is 1.33. The summed E-state index contributed by atoms with van der Waals surface area (Å²) in [5.41, 5.74) is 9.52. The van der Waals surface area contributed by atoms with E-state index in [4.69, 9.17) is 19.9 Å². The van der Waals surface area contributed by atoms with Crippen LogP contribution < -0.4 is 25.3 Å². The molecule has 0 aliphatic rings. The van der Waals surface area contributed by atoms with Crippen LogP contribution in [0, 0.1) is 13.8 Å². The van der Waals surface area contributed by atoms with Crippen LogP contribution in [0.4, 0.5) is 5.13 Å². The largest absolute Gasteiger partial charge is 0.493 e. The molecule has 0 spiro atoms. The number of ether oxygens (including phenoxy) is 3. The lowest BCUT2D eigenvalue weighted by atomic mass is 10.0. The predicted molar refractivity (Wildman–Crippen MR) is 119 cm³/mol. The lowest BCUT2D eigenvalue weighted by Crippen LogP contribution is -2.20. The van der Waals surface area contributed by atoms with E-state index in [0.29, 0.717) is 5.13 Å². The number of carbonyl (C=O) groups is 2. The Bertz CT molecular complexity index is 1100. The quantitative estimate of drug-likeness (QED) is 0.553. The van der Waals surface area contributed by atoms with Gasteiger partial charge in [0.25, 0.3) is 11.8 Å². The molecule has 0 aliphatic heterocycles. The number of hydrogen-bond donors (Lipinski definition) is 2. The SMILES string of the molecule is COc1cc(C(=O)Nc2nc(-c3ccc(C)cc3C)cs2)cc(OC)c1OCC(N)=O. The van der Waals surface area contributed by atoms with E-state index in [9.17, 15) is 9.59 Å². The summed E-state index contributed by atoms with van der Waals surface area (Å²) in [5.74, 6) is -0.373. The van der Waals surface area contributed by atoms with Crippen molar-refractivity contribution >= 4 is 28.3 Å². The summed E-state index contributed by atoms with van der Waals surface area (Å²) in [4.78, 5) is 28.4. The number of aryl methyl sites for hydroxylation is 2. The van der Waals surface area contributed by atoms with Crippen LogP contribution >= 0.6 is 11.3 Å². The number of aromatic nitrogens is 1. The molecule has 2 amide bonds. The van der Waals surface area contributed by atoms with Gasteiger partial charge < -0.3 is 19.9 Å². The lowest BCUT2D eigenvalue weighted by Gasteiger charge is -2.15. The minimum atomic E-state index is -0.644. The highest BCUT2D eigenvalue weighted by Gasteiger charge is 2.19. The number of thiazole rings is 1. The molecule has 3 N–H and O–H groups in total. The molecule has 2 aromatic carbocycles. The maximum atomic E-state index is 12.8. The average Bonchev–Trinajstić information content (AvgIpc) is 3.19. The second-order valence-electron chi connectivity index (χ2n) is 6.78. The van der Waals surface area contributed by atoms with Crippen LogP contribution in [0.15, 0.2) is 35.7 Å². The maximum absolute atomic E-state index is 12.8. The molecule has 9 heteroatoms. The van der Waals surface area contributed by atoms with Gasteiger partial charge in [0.2, 0.25) is 5.75 Å². The minimum absolute atomic E-state index is 0.187. The average molecular weight is 442 g/mol. The van der Waals surface area contributed by atoms with E-state index in [1.165, 1.54) is 43.3 Å². The smallest absolute Gasteiger partial charge is 0.257 e. The number of nitrogens with zero attached hydrogens (tertiary/aromatic N) is 1. The van der Waals surface area contributed by atoms with Gasteiger partial charge in [0.1, 0.15) is 0 Å². The van der Waals surface area contributed by atoms with Crippen LogP contribution in [-0.2, 0) is 4.79 Å². The zero-order chi connectivity index (χ0) is 22.5. The highest BCUT2D eigenvalue weighted by molar-refractivity contribution is 7.14. The van der Waals surface area contributed by atoms with E-state index < -0.39 is 5.91 Å². The summed E-state index contributed by atoms with van der Waals surface area (Å²) in [5, 5.41) is 5.16. The molecule has 1 heterocycles. The predicted octanol–water partition coefficient (Wildman–Crippen LogP) is 3.56. The zero-order valence-corrected chi connectivity index (χ0v) is 18.5. The number of hydrogen-bond acceptors (Lipinski definition) is 7. The Labute approximate surface area is 184 Å². The standard InChI is InChI=1S/C22H23N3O5S/c1-12-5-6-15(13(2)7-12)16-11-31-22(24-16)25-21(27)14-8-17(28-3)20(18(9-14)29-4)30-10-19(23)26/h5-9,11H,10H2,1-4H3,(H2,23,26)(H,24,25,27). The monoisotopic (exact) mass is 441 g/mol. The highest BCUT2D eigenvalue weighted by Crippen LogP contribution is 2.39. The molecule has 1 aromatic heterocycles. The van der Waals surface area contributed by atoms with E-state index in [-0.39, 0.29) is 35.3 Å². The molecule has 0 bridgehead atoms. The topological polar surface area (TPSA) is 113 Å². The molecule has 0 unspecified atom stereocenters. The third kappa shape index (κ3) is 5.13. The molecular formula is C22H23N3O5S. The van der Waals surface area contributed by atoms with Gasteiger partial charge in [-0.15, -0.1) is 11.3 Å². The summed E-state index contributed by atoms with van der Waals surface area (Å²) in [6.45, 7) is 3.72. The molecule has 3 rings (SSSR count). The van der Waals surface area contributed by atoms with E-state index in [1.54, 1.807) is 0 Å². The zero-order valence-electron chi connectivity index (χ0n) is 17.6. The van der Waals surface area contributed by atoms with E-state index in [1.807, 2.05) is 31.4 Å². The van der Waals surface area contributed by atoms with Crippen molar-refractivity contribution in [3.05, 3.63) is 52.4 Å². The normalized spacial score (nSPS) is 10.5. The number of primary amides is 1. The second-order valence-corrected chi connectivity index (χ2v) is 7.63. The first-order valence-electron chi connectivity index (χ1n) is 9.34. The van der Waals surface area contributed by atoms with Crippen molar-refractivity contribution in [2.75, 3.05) is 26.1 Å². The van der Waals surface area contributed by atoms with Crippen molar-refractivity contribution in [1.29, 1.82) is 0 Å². The van der Waals surface area contributed by atoms with Crippen molar-refractivity contribution in [3.63, 3.8) is 0 Å². The van der Waals surface area contributed by atoms with Crippen molar-refractivity contribution < 1.29 is 23.8 Å². The van der Waals surface area contributed by atoms with Crippen LogP contribution in [0.3, 0.4) is 0 Å². The molecular weight excluding hydrogens is 418 g/mol. The second kappa shape index (κ2) is 9.48. The van der Waals surface area contributed by atoms with Gasteiger partial charge in [-0.1, -0.05) is 23.8 Å². The van der Waals surface area contributed by atoms with Gasteiger partial charge in [0.05, 0.1) is 19.9 Å². The molecule has 8 nitrogen and oxygen atoms in total. The number of amides is 2. The van der Waals surface area contributed by atoms with E-state index >= 15 is 0 Å². The molecule has 31 heavy (non-hydrogen) atoms. The number of carbonyl (C=O) groups excluding carboxylic acids is 2. The summed E-state index contributed by atoms with van der Waals surface area (Å²) in [7, 11) is 2.84. The number of nitrogens with one attached hydrogen (secondary N) is 1. The van der Waals surface area contributed by atoms with Gasteiger partial charge in [-0.25, -0.2) is 4.98 Å². The Kier molecular flexibility index (Phi) is 6.76. The van der Waals surface area contributed by atoms with Crippen molar-refractivity contribution in [3.8, 4) is 28.5 Å². The number of benzene rings is 2. The van der Waals surface area contributed by atoms with Crippen LogP contribution in [0.25, 0.3) is 11.3 Å². The lowest BCUT2D eigenvalue weighted by molar-refractivity contribution is -0.120. The van der Waals surface area contributed by atoms with Crippen LogP contribution in [0.5, 0.6) is 17.2 Å². The van der Waals surface area contributed by atoms with Crippen molar-refractivity contribution in [1.82, 2.24) is 4.98 Å². The van der Waals surface area contributed by atoms with Crippen molar-refractivity contribution in [2.24, 2.45) is 5.73 Å². The fourth-order valence-electron chi connectivity index (χ4n) is 3.02. The van der Waals surface area contributed by atoms with Gasteiger partial charge in [0, 0.05) is 16.5 Å². The molecule has 0 saturated carbocycles. The maximum Gasteiger partial charge on any atom is 0.257 e. The molecule has 162 valence electrons. The van der Waals surface area contributed by atoms with Crippen LogP contribution in [0.1, 0.15) is 21.5 Å². The van der Waals surface area contributed by atoms with Crippen LogP contribution in [-0.4, -0.2) is 37.6 Å².